The lowest BCUT2D eigenvalue weighted by atomic mass is 10.2. The Morgan fingerprint density at radius 1 is 1.16 bits per heavy atom. The zero-order chi connectivity index (χ0) is 17.9. The summed E-state index contributed by atoms with van der Waals surface area (Å²) in [6.45, 7) is 2.58. The molecule has 0 atom stereocenters. The predicted molar refractivity (Wildman–Crippen MR) is 87.2 cm³/mol. The number of sulfonamides is 1. The van der Waals surface area contributed by atoms with Gasteiger partial charge >= 0.3 is 5.97 Å². The molecule has 1 saturated heterocycles. The fraction of sp³-hybridized carbons (Fsp3) is 0.438. The van der Waals surface area contributed by atoms with Gasteiger partial charge in [0.05, 0.1) is 10.5 Å². The van der Waals surface area contributed by atoms with Crippen LogP contribution in [0.25, 0.3) is 0 Å². The summed E-state index contributed by atoms with van der Waals surface area (Å²) >= 11 is 0. The van der Waals surface area contributed by atoms with E-state index in [4.69, 9.17) is 9.15 Å². The van der Waals surface area contributed by atoms with E-state index < -0.39 is 16.0 Å². The molecule has 2 aromatic rings. The van der Waals surface area contributed by atoms with Crippen LogP contribution in [0.3, 0.4) is 0 Å². The minimum absolute atomic E-state index is 0.131. The molecule has 0 spiro atoms. The number of rotatable bonds is 5. The Bertz CT molecular complexity index is 839. The van der Waals surface area contributed by atoms with Gasteiger partial charge in [0.15, 0.2) is 6.61 Å². The van der Waals surface area contributed by atoms with Crippen LogP contribution < -0.4 is 0 Å². The van der Waals surface area contributed by atoms with E-state index in [1.54, 1.807) is 6.92 Å². The zero-order valence-electron chi connectivity index (χ0n) is 13.8. The lowest BCUT2D eigenvalue weighted by Gasteiger charge is -2.25. The minimum Gasteiger partial charge on any atom is -0.452 e. The molecule has 25 heavy (non-hydrogen) atoms. The molecule has 0 amide bonds. The molecule has 0 N–H and O–H groups in total. The molecule has 9 heteroatoms. The molecule has 1 aliphatic heterocycles. The first-order chi connectivity index (χ1) is 12.0. The zero-order valence-corrected chi connectivity index (χ0v) is 14.7. The van der Waals surface area contributed by atoms with Gasteiger partial charge in [-0.05, 0) is 37.1 Å². The second-order valence-electron chi connectivity index (χ2n) is 5.78. The number of hydrogen-bond donors (Lipinski definition) is 0. The largest absolute Gasteiger partial charge is 0.452 e. The van der Waals surface area contributed by atoms with Crippen molar-refractivity contribution in [2.75, 3.05) is 13.1 Å². The molecule has 1 aromatic heterocycles. The van der Waals surface area contributed by atoms with Crippen LogP contribution in [0, 0.1) is 6.92 Å². The van der Waals surface area contributed by atoms with Gasteiger partial charge in [0.2, 0.25) is 15.9 Å². The highest BCUT2D eigenvalue weighted by atomic mass is 32.2. The third-order valence-electron chi connectivity index (χ3n) is 3.94. The molecular formula is C16H19N3O5S. The van der Waals surface area contributed by atoms with Gasteiger partial charge in [0.1, 0.15) is 0 Å². The van der Waals surface area contributed by atoms with Crippen LogP contribution >= 0.6 is 0 Å². The van der Waals surface area contributed by atoms with E-state index in [9.17, 15) is 13.2 Å². The molecule has 0 unspecified atom stereocenters. The molecule has 0 aliphatic carbocycles. The Hall–Kier alpha value is -2.26. The monoisotopic (exact) mass is 365 g/mol. The molecule has 134 valence electrons. The van der Waals surface area contributed by atoms with E-state index in [0.717, 1.165) is 19.3 Å². The summed E-state index contributed by atoms with van der Waals surface area (Å²) < 4.78 is 36.8. The lowest BCUT2D eigenvalue weighted by molar-refractivity contribution is 0.0436. The number of carbonyl (C=O) groups is 1. The quantitative estimate of drug-likeness (QED) is 0.746. The molecule has 0 saturated carbocycles. The maximum Gasteiger partial charge on any atom is 0.338 e. The van der Waals surface area contributed by atoms with Crippen molar-refractivity contribution in [1.29, 1.82) is 0 Å². The normalized spacial score (nSPS) is 15.9. The van der Waals surface area contributed by atoms with Crippen molar-refractivity contribution in [2.24, 2.45) is 0 Å². The maximum absolute atomic E-state index is 12.6. The Morgan fingerprint density at radius 3 is 2.44 bits per heavy atom. The van der Waals surface area contributed by atoms with Crippen molar-refractivity contribution in [2.45, 2.75) is 37.7 Å². The van der Waals surface area contributed by atoms with Gasteiger partial charge in [-0.25, -0.2) is 13.2 Å². The van der Waals surface area contributed by atoms with Crippen LogP contribution in [0.1, 0.15) is 41.4 Å². The highest BCUT2D eigenvalue weighted by Crippen LogP contribution is 2.21. The number of ether oxygens (including phenoxy) is 1. The lowest BCUT2D eigenvalue weighted by Crippen LogP contribution is -2.35. The summed E-state index contributed by atoms with van der Waals surface area (Å²) in [6.07, 6.45) is 2.80. The number of carbonyl (C=O) groups excluding carboxylic acids is 1. The molecule has 1 fully saturated rings. The van der Waals surface area contributed by atoms with E-state index in [-0.39, 0.29) is 23.0 Å². The van der Waals surface area contributed by atoms with Crippen molar-refractivity contribution in [3.8, 4) is 0 Å². The number of hydrogen-bond acceptors (Lipinski definition) is 7. The summed E-state index contributed by atoms with van der Waals surface area (Å²) in [6, 6.07) is 5.74. The molecule has 0 radical (unpaired) electrons. The van der Waals surface area contributed by atoms with Gasteiger partial charge in [-0.2, -0.15) is 4.31 Å². The van der Waals surface area contributed by atoms with Crippen LogP contribution in [0.5, 0.6) is 0 Å². The Morgan fingerprint density at radius 2 is 1.84 bits per heavy atom. The Labute approximate surface area is 145 Å². The number of nitrogens with zero attached hydrogens (tertiary/aromatic N) is 3. The van der Waals surface area contributed by atoms with Crippen molar-refractivity contribution in [3.63, 3.8) is 0 Å². The van der Waals surface area contributed by atoms with E-state index >= 15 is 0 Å². The van der Waals surface area contributed by atoms with Crippen molar-refractivity contribution in [3.05, 3.63) is 41.6 Å². The first-order valence-electron chi connectivity index (χ1n) is 8.03. The van der Waals surface area contributed by atoms with Crippen LogP contribution in [0.15, 0.2) is 33.6 Å². The average Bonchev–Trinajstić information content (AvgIpc) is 3.06. The number of benzene rings is 1. The van der Waals surface area contributed by atoms with E-state index in [0.29, 0.717) is 19.0 Å². The Kier molecular flexibility index (Phi) is 5.14. The molecule has 8 nitrogen and oxygen atoms in total. The molecule has 2 heterocycles. The van der Waals surface area contributed by atoms with Gasteiger partial charge in [-0.3, -0.25) is 0 Å². The van der Waals surface area contributed by atoms with E-state index in [2.05, 4.69) is 10.2 Å². The fourth-order valence-electron chi connectivity index (χ4n) is 2.62. The summed E-state index contributed by atoms with van der Waals surface area (Å²) in [7, 11) is -3.51. The van der Waals surface area contributed by atoms with Crippen LogP contribution in [-0.4, -0.2) is 42.0 Å². The number of aryl methyl sites for hydroxylation is 1. The highest BCUT2D eigenvalue weighted by molar-refractivity contribution is 7.89. The third kappa shape index (κ3) is 4.05. The van der Waals surface area contributed by atoms with Crippen LogP contribution in [0.4, 0.5) is 0 Å². The summed E-state index contributed by atoms with van der Waals surface area (Å²) in [5.41, 5.74) is 0.258. The van der Waals surface area contributed by atoms with Gasteiger partial charge in [0.25, 0.3) is 5.89 Å². The average molecular weight is 365 g/mol. The van der Waals surface area contributed by atoms with Crippen molar-refractivity contribution < 1.29 is 22.4 Å². The van der Waals surface area contributed by atoms with E-state index in [1.165, 1.54) is 28.6 Å². The van der Waals surface area contributed by atoms with Crippen LogP contribution in [-0.2, 0) is 21.4 Å². The van der Waals surface area contributed by atoms with Gasteiger partial charge in [0, 0.05) is 20.0 Å². The smallest absolute Gasteiger partial charge is 0.338 e. The SMILES string of the molecule is Cc1nnc(COC(=O)c2ccc(S(=O)(=O)N3CCCCC3)cc2)o1. The van der Waals surface area contributed by atoms with Gasteiger partial charge in [-0.1, -0.05) is 6.42 Å². The Balaban J connectivity index is 1.65. The third-order valence-corrected chi connectivity index (χ3v) is 5.85. The summed E-state index contributed by atoms with van der Waals surface area (Å²) in [4.78, 5) is 12.2. The number of piperidine rings is 1. The van der Waals surface area contributed by atoms with Crippen molar-refractivity contribution >= 4 is 16.0 Å². The summed E-state index contributed by atoms with van der Waals surface area (Å²) in [5.74, 6) is 0.00578. The first-order valence-corrected chi connectivity index (χ1v) is 9.47. The van der Waals surface area contributed by atoms with Gasteiger partial charge < -0.3 is 9.15 Å². The van der Waals surface area contributed by atoms with E-state index in [1.807, 2.05) is 0 Å². The maximum atomic E-state index is 12.6. The second kappa shape index (κ2) is 7.32. The topological polar surface area (TPSA) is 103 Å². The second-order valence-corrected chi connectivity index (χ2v) is 7.72. The standard InChI is InChI=1S/C16H19N3O5S/c1-12-17-18-15(24-12)11-23-16(20)13-5-7-14(8-6-13)25(21,22)19-9-3-2-4-10-19/h5-8H,2-4,9-11H2,1H3. The molecular weight excluding hydrogens is 346 g/mol. The number of aromatic nitrogens is 2. The fourth-order valence-corrected chi connectivity index (χ4v) is 4.14. The minimum atomic E-state index is -3.51. The summed E-state index contributed by atoms with van der Waals surface area (Å²) in [5, 5.41) is 7.37. The van der Waals surface area contributed by atoms with Crippen molar-refractivity contribution in [1.82, 2.24) is 14.5 Å². The van der Waals surface area contributed by atoms with Gasteiger partial charge in [-0.15, -0.1) is 10.2 Å². The highest BCUT2D eigenvalue weighted by Gasteiger charge is 2.26. The van der Waals surface area contributed by atoms with Crippen LogP contribution in [0.2, 0.25) is 0 Å². The molecule has 0 bridgehead atoms. The predicted octanol–water partition coefficient (Wildman–Crippen LogP) is 1.91. The molecule has 1 aliphatic rings. The first kappa shape index (κ1) is 17.6. The number of esters is 1. The molecule has 3 rings (SSSR count). The molecule has 1 aromatic carbocycles.